The second-order valence-corrected chi connectivity index (χ2v) is 4.52. The van der Waals surface area contributed by atoms with Crippen molar-refractivity contribution in [2.24, 2.45) is 5.92 Å². The van der Waals surface area contributed by atoms with E-state index < -0.39 is 0 Å². The molecule has 0 bridgehead atoms. The maximum absolute atomic E-state index is 5.59. The number of hydrogen-bond acceptors (Lipinski definition) is 4. The lowest BCUT2D eigenvalue weighted by atomic mass is 9.93. The second kappa shape index (κ2) is 4.38. The van der Waals surface area contributed by atoms with E-state index in [4.69, 9.17) is 4.74 Å². The summed E-state index contributed by atoms with van der Waals surface area (Å²) < 4.78 is 9.73. The first-order chi connectivity index (χ1) is 6.81. The molecule has 0 radical (unpaired) electrons. The fourth-order valence-electron chi connectivity index (χ4n) is 2.12. The average molecular weight is 212 g/mol. The maximum atomic E-state index is 5.59. The Bertz CT molecular complexity index is 276. The van der Waals surface area contributed by atoms with Crippen molar-refractivity contribution in [1.29, 1.82) is 0 Å². The molecule has 0 amide bonds. The summed E-state index contributed by atoms with van der Waals surface area (Å²) in [4.78, 5) is 0. The summed E-state index contributed by atoms with van der Waals surface area (Å²) in [5, 5.41) is 5.47. The van der Waals surface area contributed by atoms with E-state index in [2.05, 4.69) is 22.0 Å². The molecule has 0 aromatic carbocycles. The summed E-state index contributed by atoms with van der Waals surface area (Å²) in [5.41, 5.74) is 1.29. The summed E-state index contributed by atoms with van der Waals surface area (Å²) in [5.74, 6) is 0.589. The largest absolute Gasteiger partial charge is 0.378 e. The molecule has 2 heterocycles. The van der Waals surface area contributed by atoms with Gasteiger partial charge in [0.15, 0.2) is 0 Å². The van der Waals surface area contributed by atoms with Gasteiger partial charge in [0.25, 0.3) is 0 Å². The van der Waals surface area contributed by atoms with Crippen LogP contribution in [0.2, 0.25) is 0 Å². The van der Waals surface area contributed by atoms with Crippen molar-refractivity contribution < 1.29 is 4.74 Å². The van der Waals surface area contributed by atoms with Gasteiger partial charge in [-0.05, 0) is 31.9 Å². The molecule has 3 nitrogen and oxygen atoms in total. The third-order valence-corrected chi connectivity index (χ3v) is 3.43. The van der Waals surface area contributed by atoms with Gasteiger partial charge in [-0.1, -0.05) is 0 Å². The first-order valence-corrected chi connectivity index (χ1v) is 5.83. The Morgan fingerprint density at radius 3 is 3.07 bits per heavy atom. The van der Waals surface area contributed by atoms with Crippen LogP contribution in [0.1, 0.15) is 24.9 Å². The minimum Gasteiger partial charge on any atom is -0.378 e. The lowest BCUT2D eigenvalue weighted by Gasteiger charge is -2.20. The Balaban J connectivity index is 2.07. The van der Waals surface area contributed by atoms with Crippen molar-refractivity contribution in [1.82, 2.24) is 9.69 Å². The number of ether oxygens (including phenoxy) is 1. The molecule has 3 atom stereocenters. The quantitative estimate of drug-likeness (QED) is 0.830. The van der Waals surface area contributed by atoms with E-state index in [0.29, 0.717) is 18.1 Å². The van der Waals surface area contributed by atoms with E-state index in [-0.39, 0.29) is 0 Å². The van der Waals surface area contributed by atoms with Crippen LogP contribution >= 0.6 is 11.5 Å². The molecule has 2 rings (SSSR count). The SMILES string of the molecule is CNC(c1cnsc1)C1COC(C)C1. The highest BCUT2D eigenvalue weighted by molar-refractivity contribution is 7.03. The Morgan fingerprint density at radius 1 is 1.71 bits per heavy atom. The van der Waals surface area contributed by atoms with E-state index in [1.165, 1.54) is 17.1 Å². The number of rotatable bonds is 3. The summed E-state index contributed by atoms with van der Waals surface area (Å²) in [6.45, 7) is 3.00. The highest BCUT2D eigenvalue weighted by Gasteiger charge is 2.29. The van der Waals surface area contributed by atoms with Gasteiger partial charge in [-0.2, -0.15) is 0 Å². The van der Waals surface area contributed by atoms with Crippen LogP contribution in [-0.2, 0) is 4.74 Å². The van der Waals surface area contributed by atoms with Crippen LogP contribution < -0.4 is 5.32 Å². The summed E-state index contributed by atoms with van der Waals surface area (Å²) in [6, 6.07) is 0.402. The van der Waals surface area contributed by atoms with Crippen molar-refractivity contribution in [3.63, 3.8) is 0 Å². The van der Waals surface area contributed by atoms with Gasteiger partial charge in [-0.15, -0.1) is 0 Å². The standard InChI is InChI=1S/C10H16N2OS/c1-7-3-8(5-13-7)10(11-2)9-4-12-14-6-9/h4,6-8,10-11H,3,5H2,1-2H3. The van der Waals surface area contributed by atoms with Gasteiger partial charge < -0.3 is 10.1 Å². The van der Waals surface area contributed by atoms with Gasteiger partial charge in [0.05, 0.1) is 12.7 Å². The van der Waals surface area contributed by atoms with E-state index in [1.54, 1.807) is 0 Å². The van der Waals surface area contributed by atoms with Crippen LogP contribution in [0.15, 0.2) is 11.6 Å². The van der Waals surface area contributed by atoms with Crippen LogP contribution in [0.25, 0.3) is 0 Å². The van der Waals surface area contributed by atoms with Gasteiger partial charge in [-0.25, -0.2) is 4.37 Å². The Morgan fingerprint density at radius 2 is 2.57 bits per heavy atom. The lowest BCUT2D eigenvalue weighted by Crippen LogP contribution is -2.25. The van der Waals surface area contributed by atoms with Crippen LogP contribution in [0, 0.1) is 5.92 Å². The van der Waals surface area contributed by atoms with E-state index in [1.807, 2.05) is 13.2 Å². The molecule has 3 unspecified atom stereocenters. The minimum atomic E-state index is 0.402. The van der Waals surface area contributed by atoms with Gasteiger partial charge in [0, 0.05) is 29.1 Å². The van der Waals surface area contributed by atoms with E-state index in [0.717, 1.165) is 13.0 Å². The molecule has 1 fully saturated rings. The smallest absolute Gasteiger partial charge is 0.0551 e. The predicted octanol–water partition coefficient (Wildman–Crippen LogP) is 1.83. The zero-order chi connectivity index (χ0) is 9.97. The fraction of sp³-hybridized carbons (Fsp3) is 0.700. The van der Waals surface area contributed by atoms with Gasteiger partial charge in [0.2, 0.25) is 0 Å². The topological polar surface area (TPSA) is 34.2 Å². The first-order valence-electron chi connectivity index (χ1n) is 4.99. The molecule has 1 N–H and O–H groups in total. The molecule has 1 aromatic heterocycles. The first kappa shape index (κ1) is 10.1. The summed E-state index contributed by atoms with van der Waals surface area (Å²) >= 11 is 1.51. The van der Waals surface area contributed by atoms with Gasteiger partial charge >= 0.3 is 0 Å². The minimum absolute atomic E-state index is 0.402. The van der Waals surface area contributed by atoms with E-state index >= 15 is 0 Å². The molecular formula is C10H16N2OS. The van der Waals surface area contributed by atoms with Crippen LogP contribution in [0.5, 0.6) is 0 Å². The van der Waals surface area contributed by atoms with Crippen LogP contribution in [0.3, 0.4) is 0 Å². The third kappa shape index (κ3) is 1.97. The molecule has 14 heavy (non-hydrogen) atoms. The van der Waals surface area contributed by atoms with Crippen molar-refractivity contribution in [3.8, 4) is 0 Å². The predicted molar refractivity (Wildman–Crippen MR) is 57.4 cm³/mol. The van der Waals surface area contributed by atoms with Crippen molar-refractivity contribution in [3.05, 3.63) is 17.1 Å². The van der Waals surface area contributed by atoms with E-state index in [9.17, 15) is 0 Å². The van der Waals surface area contributed by atoms with Crippen molar-refractivity contribution in [2.75, 3.05) is 13.7 Å². The number of nitrogens with zero attached hydrogens (tertiary/aromatic N) is 1. The lowest BCUT2D eigenvalue weighted by molar-refractivity contribution is 0.117. The summed E-state index contributed by atoms with van der Waals surface area (Å²) in [6.07, 6.45) is 3.50. The molecule has 78 valence electrons. The Kier molecular flexibility index (Phi) is 3.15. The van der Waals surface area contributed by atoms with Gasteiger partial charge in [-0.3, -0.25) is 0 Å². The third-order valence-electron chi connectivity index (χ3n) is 2.82. The molecule has 1 aromatic rings. The van der Waals surface area contributed by atoms with Crippen molar-refractivity contribution >= 4 is 11.5 Å². The fourth-order valence-corrected chi connectivity index (χ4v) is 2.70. The zero-order valence-corrected chi connectivity index (χ0v) is 9.38. The van der Waals surface area contributed by atoms with Crippen molar-refractivity contribution in [2.45, 2.75) is 25.5 Å². The Labute approximate surface area is 88.6 Å². The molecule has 0 aliphatic carbocycles. The van der Waals surface area contributed by atoms with Gasteiger partial charge in [0.1, 0.15) is 0 Å². The maximum Gasteiger partial charge on any atom is 0.0551 e. The average Bonchev–Trinajstić information content (AvgIpc) is 2.79. The highest BCUT2D eigenvalue weighted by atomic mass is 32.1. The van der Waals surface area contributed by atoms with Crippen LogP contribution in [0.4, 0.5) is 0 Å². The molecule has 0 saturated carbocycles. The zero-order valence-electron chi connectivity index (χ0n) is 8.56. The molecule has 1 aliphatic rings. The molecule has 4 heteroatoms. The number of aromatic nitrogens is 1. The Hall–Kier alpha value is -0.450. The molecular weight excluding hydrogens is 196 g/mol. The number of nitrogens with one attached hydrogen (secondary N) is 1. The highest BCUT2D eigenvalue weighted by Crippen LogP contribution is 2.31. The second-order valence-electron chi connectivity index (χ2n) is 3.86. The molecule has 1 saturated heterocycles. The molecule has 1 aliphatic heterocycles. The number of hydrogen-bond donors (Lipinski definition) is 1. The van der Waals surface area contributed by atoms with Crippen LogP contribution in [-0.4, -0.2) is 24.1 Å². The molecule has 0 spiro atoms. The summed E-state index contributed by atoms with van der Waals surface area (Å²) in [7, 11) is 2.01. The monoisotopic (exact) mass is 212 g/mol. The normalized spacial score (nSPS) is 29.3.